The molecule has 1 saturated carbocycles. The molecule has 8 heteroatoms. The number of aliphatic hydroxyl groups is 1. The molecule has 2 N–H and O–H groups in total. The van der Waals surface area contributed by atoms with Gasteiger partial charge in [-0.3, -0.25) is 14.9 Å². The summed E-state index contributed by atoms with van der Waals surface area (Å²) in [6, 6.07) is 7.55. The first-order chi connectivity index (χ1) is 12.0. The van der Waals surface area contributed by atoms with Crippen LogP contribution < -0.4 is 5.32 Å². The van der Waals surface area contributed by atoms with Crippen LogP contribution in [-0.4, -0.2) is 38.4 Å². The molecule has 1 heterocycles. The van der Waals surface area contributed by atoms with E-state index in [0.29, 0.717) is 18.2 Å². The predicted octanol–water partition coefficient (Wildman–Crippen LogP) is 2.06. The lowest BCUT2D eigenvalue weighted by Crippen LogP contribution is -2.33. The van der Waals surface area contributed by atoms with Crippen LogP contribution in [0.1, 0.15) is 36.2 Å². The van der Waals surface area contributed by atoms with Gasteiger partial charge >= 0.3 is 0 Å². The molecule has 1 aliphatic rings. The Morgan fingerprint density at radius 3 is 2.76 bits per heavy atom. The summed E-state index contributed by atoms with van der Waals surface area (Å²) in [6.07, 6.45) is 4.92. The molecule has 0 bridgehead atoms. The molecule has 1 aromatic carbocycles. The quantitative estimate of drug-likeness (QED) is 0.637. The van der Waals surface area contributed by atoms with Gasteiger partial charge in [0, 0.05) is 24.9 Å². The normalized spacial score (nSPS) is 20.2. The number of nitrogens with zero attached hydrogens (tertiary/aromatic N) is 3. The van der Waals surface area contributed by atoms with Crippen molar-refractivity contribution in [2.24, 2.45) is 5.92 Å². The van der Waals surface area contributed by atoms with E-state index in [9.17, 15) is 20.0 Å². The number of nitro groups is 1. The van der Waals surface area contributed by atoms with E-state index in [1.165, 1.54) is 16.8 Å². The summed E-state index contributed by atoms with van der Waals surface area (Å²) in [6.45, 7) is 0.528. The monoisotopic (exact) mass is 344 g/mol. The number of amides is 1. The Labute approximate surface area is 144 Å². The number of carbonyl (C=O) groups is 1. The van der Waals surface area contributed by atoms with Crippen molar-refractivity contribution in [3.05, 3.63) is 52.3 Å². The van der Waals surface area contributed by atoms with Crippen LogP contribution in [0.5, 0.6) is 0 Å². The number of nitrogens with one attached hydrogen (secondary N) is 1. The van der Waals surface area contributed by atoms with Crippen LogP contribution in [0.2, 0.25) is 0 Å². The number of aromatic nitrogens is 2. The Kier molecular flexibility index (Phi) is 5.08. The number of carbonyl (C=O) groups excluding carboxylic acids is 1. The number of nitro benzene ring substituents is 1. The second kappa shape index (κ2) is 7.43. The van der Waals surface area contributed by atoms with Gasteiger partial charge in [-0.1, -0.05) is 6.42 Å². The van der Waals surface area contributed by atoms with Crippen molar-refractivity contribution in [1.29, 1.82) is 0 Å². The highest BCUT2D eigenvalue weighted by molar-refractivity contribution is 5.92. The summed E-state index contributed by atoms with van der Waals surface area (Å²) < 4.78 is 1.50. The fourth-order valence-electron chi connectivity index (χ4n) is 3.09. The molecule has 25 heavy (non-hydrogen) atoms. The first-order valence-corrected chi connectivity index (χ1v) is 8.29. The minimum absolute atomic E-state index is 0.00328. The fourth-order valence-corrected chi connectivity index (χ4v) is 3.09. The van der Waals surface area contributed by atoms with Crippen LogP contribution in [-0.2, 0) is 0 Å². The summed E-state index contributed by atoms with van der Waals surface area (Å²) in [5, 5.41) is 27.4. The Morgan fingerprint density at radius 2 is 2.08 bits per heavy atom. The van der Waals surface area contributed by atoms with E-state index < -0.39 is 4.92 Å². The average molecular weight is 344 g/mol. The van der Waals surface area contributed by atoms with Gasteiger partial charge in [-0.15, -0.1) is 0 Å². The molecule has 132 valence electrons. The van der Waals surface area contributed by atoms with Gasteiger partial charge in [0.15, 0.2) is 5.69 Å². The third-order valence-corrected chi connectivity index (χ3v) is 4.45. The number of benzene rings is 1. The molecule has 3 rings (SSSR count). The molecule has 2 aromatic rings. The van der Waals surface area contributed by atoms with Gasteiger partial charge in [-0.25, -0.2) is 4.68 Å². The number of hydrogen-bond acceptors (Lipinski definition) is 5. The smallest absolute Gasteiger partial charge is 0.271 e. The van der Waals surface area contributed by atoms with Crippen LogP contribution >= 0.6 is 0 Å². The maximum Gasteiger partial charge on any atom is 0.271 e. The molecule has 0 saturated heterocycles. The Morgan fingerprint density at radius 1 is 1.32 bits per heavy atom. The molecule has 1 amide bonds. The highest BCUT2D eigenvalue weighted by atomic mass is 16.6. The van der Waals surface area contributed by atoms with Crippen molar-refractivity contribution in [2.75, 3.05) is 6.54 Å². The zero-order valence-electron chi connectivity index (χ0n) is 13.7. The molecule has 2 atom stereocenters. The maximum atomic E-state index is 12.2. The Balaban J connectivity index is 1.60. The number of non-ortho nitro benzene ring substituents is 1. The molecular weight excluding hydrogens is 324 g/mol. The van der Waals surface area contributed by atoms with Crippen LogP contribution in [0.3, 0.4) is 0 Å². The molecule has 1 aromatic heterocycles. The van der Waals surface area contributed by atoms with E-state index in [1.807, 2.05) is 0 Å². The second-order valence-corrected chi connectivity index (χ2v) is 6.32. The maximum absolute atomic E-state index is 12.2. The Bertz CT molecular complexity index is 756. The van der Waals surface area contributed by atoms with Crippen molar-refractivity contribution < 1.29 is 14.8 Å². The summed E-state index contributed by atoms with van der Waals surface area (Å²) in [7, 11) is 0. The predicted molar refractivity (Wildman–Crippen MR) is 90.5 cm³/mol. The lowest BCUT2D eigenvalue weighted by Gasteiger charge is -2.25. The summed E-state index contributed by atoms with van der Waals surface area (Å²) in [4.78, 5) is 22.4. The molecule has 8 nitrogen and oxygen atoms in total. The third kappa shape index (κ3) is 4.21. The average Bonchev–Trinajstić information content (AvgIpc) is 3.10. The third-order valence-electron chi connectivity index (χ3n) is 4.45. The zero-order chi connectivity index (χ0) is 17.8. The molecule has 0 radical (unpaired) electrons. The van der Waals surface area contributed by atoms with Crippen molar-refractivity contribution in [3.8, 4) is 5.69 Å². The van der Waals surface area contributed by atoms with Crippen LogP contribution in [0.25, 0.3) is 5.69 Å². The van der Waals surface area contributed by atoms with Gasteiger partial charge < -0.3 is 10.4 Å². The van der Waals surface area contributed by atoms with Crippen LogP contribution in [0.4, 0.5) is 5.69 Å². The molecule has 1 fully saturated rings. The second-order valence-electron chi connectivity index (χ2n) is 6.32. The standard InChI is InChI=1S/C17H20N4O4/c22-15-3-1-2-12(10-15)11-18-17(23)16-8-9-20(19-16)13-4-6-14(7-5-13)21(24)25/h4-9,12,15,22H,1-3,10-11H2,(H,18,23). The Hall–Kier alpha value is -2.74. The molecule has 0 aliphatic heterocycles. The van der Waals surface area contributed by atoms with E-state index >= 15 is 0 Å². The van der Waals surface area contributed by atoms with E-state index in [1.54, 1.807) is 24.4 Å². The number of aliphatic hydroxyl groups excluding tert-OH is 1. The highest BCUT2D eigenvalue weighted by Gasteiger charge is 2.21. The molecular formula is C17H20N4O4. The summed E-state index contributed by atoms with van der Waals surface area (Å²) >= 11 is 0. The summed E-state index contributed by atoms with van der Waals surface area (Å²) in [5.41, 5.74) is 0.929. The molecule has 1 aliphatic carbocycles. The van der Waals surface area contributed by atoms with Gasteiger partial charge in [0.1, 0.15) is 0 Å². The van der Waals surface area contributed by atoms with Gasteiger partial charge in [-0.05, 0) is 43.4 Å². The SMILES string of the molecule is O=C(NCC1CCCC(O)C1)c1ccn(-c2ccc([N+](=O)[O-])cc2)n1. The van der Waals surface area contributed by atoms with Gasteiger partial charge in [0.25, 0.3) is 11.6 Å². The van der Waals surface area contributed by atoms with E-state index in [0.717, 1.165) is 25.7 Å². The minimum Gasteiger partial charge on any atom is -0.393 e. The topological polar surface area (TPSA) is 110 Å². The van der Waals surface area contributed by atoms with E-state index in [2.05, 4.69) is 10.4 Å². The van der Waals surface area contributed by atoms with Crippen molar-refractivity contribution >= 4 is 11.6 Å². The van der Waals surface area contributed by atoms with E-state index in [4.69, 9.17) is 0 Å². The molecule has 0 spiro atoms. The lowest BCUT2D eigenvalue weighted by atomic mass is 9.87. The highest BCUT2D eigenvalue weighted by Crippen LogP contribution is 2.23. The number of rotatable bonds is 5. The number of hydrogen-bond donors (Lipinski definition) is 2. The zero-order valence-corrected chi connectivity index (χ0v) is 13.7. The van der Waals surface area contributed by atoms with Crippen molar-refractivity contribution in [3.63, 3.8) is 0 Å². The van der Waals surface area contributed by atoms with Crippen molar-refractivity contribution in [1.82, 2.24) is 15.1 Å². The van der Waals surface area contributed by atoms with Crippen LogP contribution in [0.15, 0.2) is 36.5 Å². The van der Waals surface area contributed by atoms with Crippen LogP contribution in [0, 0.1) is 16.0 Å². The minimum atomic E-state index is -0.464. The summed E-state index contributed by atoms with van der Waals surface area (Å²) in [5.74, 6) is 0.0326. The van der Waals surface area contributed by atoms with Crippen molar-refractivity contribution in [2.45, 2.75) is 31.8 Å². The van der Waals surface area contributed by atoms with E-state index in [-0.39, 0.29) is 23.4 Å². The van der Waals surface area contributed by atoms with Gasteiger partial charge in [0.05, 0.1) is 16.7 Å². The lowest BCUT2D eigenvalue weighted by molar-refractivity contribution is -0.384. The fraction of sp³-hybridized carbons (Fsp3) is 0.412. The largest absolute Gasteiger partial charge is 0.393 e. The van der Waals surface area contributed by atoms with Gasteiger partial charge in [0.2, 0.25) is 0 Å². The molecule has 2 unspecified atom stereocenters. The van der Waals surface area contributed by atoms with Gasteiger partial charge in [-0.2, -0.15) is 5.10 Å². The first kappa shape index (κ1) is 17.1. The first-order valence-electron chi connectivity index (χ1n) is 8.29.